The molecule has 1 aliphatic rings. The first kappa shape index (κ1) is 11.8. The van der Waals surface area contributed by atoms with E-state index < -0.39 is 0 Å². The topological polar surface area (TPSA) is 46.3 Å². The summed E-state index contributed by atoms with van der Waals surface area (Å²) in [4.78, 5) is 19.4. The molecule has 0 spiro atoms. The average Bonchev–Trinajstić information content (AvgIpc) is 3.02. The predicted molar refractivity (Wildman–Crippen MR) is 72.8 cm³/mol. The number of carbonyl (C=O) groups excluding carboxylic acids is 1. The van der Waals surface area contributed by atoms with E-state index in [0.29, 0.717) is 0 Å². The number of thiazole rings is 1. The lowest BCUT2D eigenvalue weighted by atomic mass is 10.3. The molecule has 94 valence electrons. The Balaban J connectivity index is 2.00. The van der Waals surface area contributed by atoms with Gasteiger partial charge in [0.2, 0.25) is 5.91 Å². The third-order valence-corrected chi connectivity index (χ3v) is 4.98. The number of aryl methyl sites for hydroxylation is 1. The zero-order chi connectivity index (χ0) is 12.7. The van der Waals surface area contributed by atoms with Crippen LogP contribution < -0.4 is 4.90 Å². The van der Waals surface area contributed by atoms with E-state index in [2.05, 4.69) is 4.98 Å². The molecule has 0 bridgehead atoms. The molecule has 2 aromatic heterocycles. The molecule has 3 heterocycles. The fraction of sp³-hybridized carbons (Fsp3) is 0.333. The Morgan fingerprint density at radius 1 is 1.50 bits per heavy atom. The average molecular weight is 280 g/mol. The third kappa shape index (κ3) is 1.85. The molecule has 0 N–H and O–H groups in total. The Labute approximate surface area is 113 Å². The summed E-state index contributed by atoms with van der Waals surface area (Å²) in [5.74, 6) is 0.890. The van der Waals surface area contributed by atoms with Crippen molar-refractivity contribution in [3.05, 3.63) is 35.2 Å². The van der Waals surface area contributed by atoms with E-state index in [1.54, 1.807) is 29.1 Å². The Bertz CT molecular complexity index is 564. The van der Waals surface area contributed by atoms with Crippen molar-refractivity contribution < 1.29 is 9.21 Å². The molecule has 0 unspecified atom stereocenters. The van der Waals surface area contributed by atoms with E-state index in [4.69, 9.17) is 4.42 Å². The maximum absolute atomic E-state index is 12.3. The minimum atomic E-state index is -0.104. The summed E-state index contributed by atoms with van der Waals surface area (Å²) >= 11 is 3.12. The fourth-order valence-electron chi connectivity index (χ4n) is 1.90. The SMILES string of the molecule is Cc1cnc(N2C(=O)[C@@H](C)S[C@H]2c2ccco2)s1. The van der Waals surface area contributed by atoms with Crippen LogP contribution >= 0.6 is 23.1 Å². The van der Waals surface area contributed by atoms with Crippen molar-refractivity contribution in [1.29, 1.82) is 0 Å². The van der Waals surface area contributed by atoms with Gasteiger partial charge in [-0.2, -0.15) is 0 Å². The van der Waals surface area contributed by atoms with Crippen LogP contribution in [0.5, 0.6) is 0 Å². The molecular formula is C12H12N2O2S2. The number of nitrogens with zero attached hydrogens (tertiary/aromatic N) is 2. The van der Waals surface area contributed by atoms with Gasteiger partial charge in [-0.1, -0.05) is 0 Å². The largest absolute Gasteiger partial charge is 0.466 e. The van der Waals surface area contributed by atoms with E-state index in [1.807, 2.05) is 26.0 Å². The smallest absolute Gasteiger partial charge is 0.243 e. The van der Waals surface area contributed by atoms with Crippen LogP contribution in [0.2, 0.25) is 0 Å². The normalized spacial score (nSPS) is 23.9. The van der Waals surface area contributed by atoms with E-state index in [-0.39, 0.29) is 16.5 Å². The fourth-order valence-corrected chi connectivity index (χ4v) is 3.97. The summed E-state index contributed by atoms with van der Waals surface area (Å²) in [5.41, 5.74) is 0. The summed E-state index contributed by atoms with van der Waals surface area (Å²) in [6.07, 6.45) is 3.43. The number of anilines is 1. The van der Waals surface area contributed by atoms with Crippen molar-refractivity contribution >= 4 is 34.1 Å². The molecule has 6 heteroatoms. The Kier molecular flexibility index (Phi) is 2.91. The van der Waals surface area contributed by atoms with E-state index >= 15 is 0 Å². The molecule has 0 aromatic carbocycles. The second kappa shape index (κ2) is 4.44. The molecule has 2 atom stereocenters. The number of hydrogen-bond donors (Lipinski definition) is 0. The lowest BCUT2D eigenvalue weighted by Gasteiger charge is -2.18. The number of carbonyl (C=O) groups is 1. The molecule has 0 aliphatic carbocycles. The van der Waals surface area contributed by atoms with Crippen molar-refractivity contribution in [2.45, 2.75) is 24.5 Å². The zero-order valence-electron chi connectivity index (χ0n) is 9.99. The predicted octanol–water partition coefficient (Wildman–Crippen LogP) is 3.21. The van der Waals surface area contributed by atoms with Gasteiger partial charge in [-0.15, -0.1) is 23.1 Å². The van der Waals surface area contributed by atoms with Gasteiger partial charge in [-0.05, 0) is 26.0 Å². The summed E-state index contributed by atoms with van der Waals surface area (Å²) in [6, 6.07) is 3.74. The van der Waals surface area contributed by atoms with Gasteiger partial charge in [0.1, 0.15) is 11.1 Å². The van der Waals surface area contributed by atoms with Crippen LogP contribution in [0.25, 0.3) is 0 Å². The van der Waals surface area contributed by atoms with Crippen molar-refractivity contribution in [3.8, 4) is 0 Å². The van der Waals surface area contributed by atoms with Crippen LogP contribution in [0, 0.1) is 6.92 Å². The maximum Gasteiger partial charge on any atom is 0.243 e. The van der Waals surface area contributed by atoms with Crippen LogP contribution in [0.1, 0.15) is 22.9 Å². The van der Waals surface area contributed by atoms with Crippen LogP contribution in [-0.4, -0.2) is 16.1 Å². The molecule has 0 saturated carbocycles. The first-order valence-electron chi connectivity index (χ1n) is 5.61. The van der Waals surface area contributed by atoms with Gasteiger partial charge in [0, 0.05) is 11.1 Å². The third-order valence-electron chi connectivity index (χ3n) is 2.75. The highest BCUT2D eigenvalue weighted by molar-refractivity contribution is 8.01. The number of aromatic nitrogens is 1. The molecule has 0 radical (unpaired) electrons. The van der Waals surface area contributed by atoms with Crippen molar-refractivity contribution in [3.63, 3.8) is 0 Å². The second-order valence-corrected chi connectivity index (χ2v) is 6.75. The van der Waals surface area contributed by atoms with Crippen LogP contribution in [0.3, 0.4) is 0 Å². The second-order valence-electron chi connectivity index (χ2n) is 4.11. The highest BCUT2D eigenvalue weighted by Crippen LogP contribution is 2.46. The van der Waals surface area contributed by atoms with Crippen molar-refractivity contribution in [2.24, 2.45) is 0 Å². The molecule has 1 aliphatic heterocycles. The van der Waals surface area contributed by atoms with Gasteiger partial charge in [0.25, 0.3) is 0 Å². The Morgan fingerprint density at radius 3 is 2.94 bits per heavy atom. The summed E-state index contributed by atoms with van der Waals surface area (Å²) in [5, 5.41) is 0.577. The van der Waals surface area contributed by atoms with E-state index in [9.17, 15) is 4.79 Å². The number of thioether (sulfide) groups is 1. The van der Waals surface area contributed by atoms with E-state index in [1.165, 1.54) is 11.3 Å². The molecule has 1 fully saturated rings. The number of rotatable bonds is 2. The monoisotopic (exact) mass is 280 g/mol. The first-order chi connectivity index (χ1) is 8.66. The highest BCUT2D eigenvalue weighted by Gasteiger charge is 2.42. The van der Waals surface area contributed by atoms with Crippen LogP contribution in [0.4, 0.5) is 5.13 Å². The Hall–Kier alpha value is -1.27. The summed E-state index contributed by atoms with van der Waals surface area (Å²) in [7, 11) is 0. The molecule has 3 rings (SSSR count). The minimum absolute atomic E-state index is 0.0655. The zero-order valence-corrected chi connectivity index (χ0v) is 11.6. The van der Waals surface area contributed by atoms with Crippen molar-refractivity contribution in [1.82, 2.24) is 4.98 Å². The molecule has 1 saturated heterocycles. The molecular weight excluding hydrogens is 268 g/mol. The van der Waals surface area contributed by atoms with Crippen molar-refractivity contribution in [2.75, 3.05) is 4.90 Å². The van der Waals surface area contributed by atoms with Crippen LogP contribution in [-0.2, 0) is 4.79 Å². The number of furan rings is 1. The van der Waals surface area contributed by atoms with Crippen LogP contribution in [0.15, 0.2) is 29.0 Å². The highest BCUT2D eigenvalue weighted by atomic mass is 32.2. The van der Waals surface area contributed by atoms with Gasteiger partial charge < -0.3 is 4.42 Å². The minimum Gasteiger partial charge on any atom is -0.466 e. The lowest BCUT2D eigenvalue weighted by molar-refractivity contribution is -0.117. The van der Waals surface area contributed by atoms with Gasteiger partial charge in [0.15, 0.2) is 5.13 Å². The molecule has 2 aromatic rings. The molecule has 1 amide bonds. The number of hydrogen-bond acceptors (Lipinski definition) is 5. The Morgan fingerprint density at radius 2 is 2.33 bits per heavy atom. The summed E-state index contributed by atoms with van der Waals surface area (Å²) in [6.45, 7) is 3.91. The standard InChI is InChI=1S/C12H12N2O2S2/c1-7-6-13-12(17-7)14-10(15)8(2)18-11(14)9-4-3-5-16-9/h3-6,8,11H,1-2H3/t8-,11+/m1/s1. The maximum atomic E-state index is 12.3. The quantitative estimate of drug-likeness (QED) is 0.847. The van der Waals surface area contributed by atoms with Gasteiger partial charge >= 0.3 is 0 Å². The van der Waals surface area contributed by atoms with Gasteiger partial charge in [-0.25, -0.2) is 4.98 Å². The lowest BCUT2D eigenvalue weighted by Crippen LogP contribution is -2.29. The molecule has 4 nitrogen and oxygen atoms in total. The molecule has 18 heavy (non-hydrogen) atoms. The van der Waals surface area contributed by atoms with Gasteiger partial charge in [-0.3, -0.25) is 9.69 Å². The number of amides is 1. The van der Waals surface area contributed by atoms with E-state index in [0.717, 1.165) is 15.8 Å². The van der Waals surface area contributed by atoms with Gasteiger partial charge in [0.05, 0.1) is 11.5 Å². The first-order valence-corrected chi connectivity index (χ1v) is 7.37. The summed E-state index contributed by atoms with van der Waals surface area (Å²) < 4.78 is 5.43.